The Balaban J connectivity index is 1.93. The van der Waals surface area contributed by atoms with Gasteiger partial charge in [-0.15, -0.1) is 0 Å². The number of sulfonamides is 1. The van der Waals surface area contributed by atoms with Gasteiger partial charge in [0, 0.05) is 25.2 Å². The molecule has 2 aromatic rings. The summed E-state index contributed by atoms with van der Waals surface area (Å²) >= 11 is 0. The molecule has 0 aliphatic carbocycles. The fourth-order valence-electron chi connectivity index (χ4n) is 3.19. The van der Waals surface area contributed by atoms with Gasteiger partial charge in [-0.1, -0.05) is 24.3 Å². The minimum absolute atomic E-state index is 0.0844. The minimum atomic E-state index is -3.69. The van der Waals surface area contributed by atoms with Crippen molar-refractivity contribution in [2.24, 2.45) is 0 Å². The monoisotopic (exact) mass is 387 g/mol. The largest absolute Gasteiger partial charge is 0.367 e. The van der Waals surface area contributed by atoms with Gasteiger partial charge in [-0.05, 0) is 45.3 Å². The van der Waals surface area contributed by atoms with E-state index in [1.807, 2.05) is 38.4 Å². The van der Waals surface area contributed by atoms with Crippen molar-refractivity contribution in [2.45, 2.75) is 11.8 Å². The number of anilines is 2. The van der Waals surface area contributed by atoms with Crippen molar-refractivity contribution in [1.82, 2.24) is 4.90 Å². The number of hydrogen-bond acceptors (Lipinski definition) is 5. The van der Waals surface area contributed by atoms with Gasteiger partial charge in [0.05, 0.1) is 22.8 Å². The normalized spacial score (nSPS) is 14.4. The highest BCUT2D eigenvalue weighted by atomic mass is 32.2. The van der Waals surface area contributed by atoms with Crippen molar-refractivity contribution in [2.75, 3.05) is 49.5 Å². The van der Waals surface area contributed by atoms with Gasteiger partial charge in [-0.25, -0.2) is 8.42 Å². The zero-order valence-electron chi connectivity index (χ0n) is 15.9. The molecular weight excluding hydrogens is 362 g/mol. The molecule has 0 fully saturated rings. The molecule has 3 rings (SSSR count). The first-order valence-electron chi connectivity index (χ1n) is 8.93. The molecule has 7 heteroatoms. The second kappa shape index (κ2) is 7.70. The highest BCUT2D eigenvalue weighted by molar-refractivity contribution is 7.92. The molecule has 0 amide bonds. The number of carbonyl (C=O) groups is 1. The van der Waals surface area contributed by atoms with Gasteiger partial charge < -0.3 is 9.80 Å². The molecule has 0 bridgehead atoms. The van der Waals surface area contributed by atoms with Crippen molar-refractivity contribution >= 4 is 27.2 Å². The van der Waals surface area contributed by atoms with Crippen LogP contribution < -0.4 is 9.21 Å². The molecule has 0 radical (unpaired) electrons. The quantitative estimate of drug-likeness (QED) is 0.713. The van der Waals surface area contributed by atoms with Crippen molar-refractivity contribution in [1.29, 1.82) is 0 Å². The van der Waals surface area contributed by atoms with Crippen LogP contribution in [0, 0.1) is 0 Å². The number of carbonyl (C=O) groups excluding carboxylic acids is 1. The lowest BCUT2D eigenvalue weighted by atomic mass is 10.2. The Morgan fingerprint density at radius 3 is 2.22 bits per heavy atom. The molecule has 27 heavy (non-hydrogen) atoms. The third-order valence-electron chi connectivity index (χ3n) is 4.73. The van der Waals surface area contributed by atoms with E-state index in [0.29, 0.717) is 24.3 Å². The number of Topliss-reactive ketones (excluding diaryl/α,β-unsaturated/α-hetero) is 1. The van der Waals surface area contributed by atoms with Gasteiger partial charge in [-0.3, -0.25) is 9.10 Å². The second-order valence-corrected chi connectivity index (χ2v) is 8.80. The summed E-state index contributed by atoms with van der Waals surface area (Å²) in [4.78, 5) is 16.0. The van der Waals surface area contributed by atoms with Gasteiger partial charge >= 0.3 is 0 Å². The highest BCUT2D eigenvalue weighted by Crippen LogP contribution is 2.36. The molecular formula is C20H25N3O3S. The predicted molar refractivity (Wildman–Crippen MR) is 108 cm³/mol. The summed E-state index contributed by atoms with van der Waals surface area (Å²) in [6.45, 7) is 4.22. The fourth-order valence-corrected chi connectivity index (χ4v) is 4.66. The van der Waals surface area contributed by atoms with E-state index in [2.05, 4.69) is 9.80 Å². The van der Waals surface area contributed by atoms with E-state index >= 15 is 0 Å². The van der Waals surface area contributed by atoms with E-state index in [9.17, 15) is 13.2 Å². The number of para-hydroxylation sites is 2. The lowest BCUT2D eigenvalue weighted by Crippen LogP contribution is -2.45. The zero-order chi connectivity index (χ0) is 19.6. The van der Waals surface area contributed by atoms with Crippen LogP contribution in [0.4, 0.5) is 11.4 Å². The van der Waals surface area contributed by atoms with Gasteiger partial charge in [0.15, 0.2) is 5.78 Å². The molecule has 0 spiro atoms. The van der Waals surface area contributed by atoms with E-state index in [1.54, 1.807) is 12.1 Å². The Kier molecular flexibility index (Phi) is 5.53. The van der Waals surface area contributed by atoms with Crippen molar-refractivity contribution in [3.8, 4) is 0 Å². The third kappa shape index (κ3) is 3.99. The summed E-state index contributed by atoms with van der Waals surface area (Å²) in [5.74, 6) is -0.0844. The molecule has 0 atom stereocenters. The average molecular weight is 388 g/mol. The standard InChI is InChI=1S/C20H25N3O3S/c1-16(24)17-8-10-18(11-9-17)27(25,26)23-15-14-22(13-12-21(2)3)19-6-4-5-7-20(19)23/h4-11H,12-15H2,1-3H3. The molecule has 1 aliphatic rings. The predicted octanol–water partition coefficient (Wildman–Crippen LogP) is 2.47. The van der Waals surface area contributed by atoms with Crippen LogP contribution in [0.1, 0.15) is 17.3 Å². The lowest BCUT2D eigenvalue weighted by molar-refractivity contribution is 0.101. The molecule has 0 unspecified atom stereocenters. The molecule has 1 heterocycles. The molecule has 6 nitrogen and oxygen atoms in total. The summed E-state index contributed by atoms with van der Waals surface area (Å²) in [7, 11) is 0.363. The third-order valence-corrected chi connectivity index (χ3v) is 6.56. The van der Waals surface area contributed by atoms with Crippen molar-refractivity contribution in [3.63, 3.8) is 0 Å². The topological polar surface area (TPSA) is 60.9 Å². The van der Waals surface area contributed by atoms with Crippen LogP contribution in [0.3, 0.4) is 0 Å². The molecule has 1 aliphatic heterocycles. The average Bonchev–Trinajstić information content (AvgIpc) is 2.65. The van der Waals surface area contributed by atoms with Crippen molar-refractivity contribution in [3.05, 3.63) is 54.1 Å². The van der Waals surface area contributed by atoms with Crippen LogP contribution >= 0.6 is 0 Å². The summed E-state index contributed by atoms with van der Waals surface area (Å²) in [5.41, 5.74) is 2.12. The number of ketones is 1. The Hall–Kier alpha value is -2.38. The summed E-state index contributed by atoms with van der Waals surface area (Å²) in [6, 6.07) is 13.7. The van der Waals surface area contributed by atoms with E-state index < -0.39 is 10.0 Å². The lowest BCUT2D eigenvalue weighted by Gasteiger charge is -2.38. The van der Waals surface area contributed by atoms with E-state index in [0.717, 1.165) is 18.8 Å². The van der Waals surface area contributed by atoms with E-state index in [1.165, 1.54) is 23.4 Å². The smallest absolute Gasteiger partial charge is 0.264 e. The number of hydrogen-bond donors (Lipinski definition) is 0. The van der Waals surface area contributed by atoms with Gasteiger partial charge in [0.25, 0.3) is 10.0 Å². The van der Waals surface area contributed by atoms with E-state index in [4.69, 9.17) is 0 Å². The number of benzene rings is 2. The number of fused-ring (bicyclic) bond motifs is 1. The van der Waals surface area contributed by atoms with Crippen LogP contribution in [-0.4, -0.2) is 59.4 Å². The molecule has 0 aromatic heterocycles. The Bertz CT molecular complexity index is 924. The number of likely N-dealkylation sites (N-methyl/N-ethyl adjacent to an activating group) is 1. The van der Waals surface area contributed by atoms with Crippen LogP contribution in [0.25, 0.3) is 0 Å². The van der Waals surface area contributed by atoms with Gasteiger partial charge in [0.1, 0.15) is 0 Å². The Morgan fingerprint density at radius 2 is 1.63 bits per heavy atom. The Morgan fingerprint density at radius 1 is 1.00 bits per heavy atom. The van der Waals surface area contributed by atoms with Crippen LogP contribution in [-0.2, 0) is 10.0 Å². The molecule has 0 N–H and O–H groups in total. The van der Waals surface area contributed by atoms with Crippen LogP contribution in [0.5, 0.6) is 0 Å². The maximum absolute atomic E-state index is 13.2. The molecule has 2 aromatic carbocycles. The van der Waals surface area contributed by atoms with Gasteiger partial charge in [-0.2, -0.15) is 0 Å². The molecule has 0 saturated heterocycles. The summed E-state index contributed by atoms with van der Waals surface area (Å²) in [5, 5.41) is 0. The summed E-state index contributed by atoms with van der Waals surface area (Å²) in [6.07, 6.45) is 0. The van der Waals surface area contributed by atoms with Crippen LogP contribution in [0.15, 0.2) is 53.4 Å². The SMILES string of the molecule is CC(=O)c1ccc(S(=O)(=O)N2CCN(CCN(C)C)c3ccccc32)cc1. The summed E-state index contributed by atoms with van der Waals surface area (Å²) < 4.78 is 27.9. The second-order valence-electron chi connectivity index (χ2n) is 6.94. The first-order valence-corrected chi connectivity index (χ1v) is 10.4. The maximum Gasteiger partial charge on any atom is 0.264 e. The molecule has 144 valence electrons. The Labute approximate surface area is 161 Å². The first-order chi connectivity index (χ1) is 12.8. The number of nitrogens with zero attached hydrogens (tertiary/aromatic N) is 3. The molecule has 0 saturated carbocycles. The van der Waals surface area contributed by atoms with Crippen molar-refractivity contribution < 1.29 is 13.2 Å². The first kappa shape index (κ1) is 19.4. The fraction of sp³-hybridized carbons (Fsp3) is 0.350. The number of rotatable bonds is 6. The maximum atomic E-state index is 13.2. The van der Waals surface area contributed by atoms with Crippen LogP contribution in [0.2, 0.25) is 0 Å². The highest BCUT2D eigenvalue weighted by Gasteiger charge is 2.31. The van der Waals surface area contributed by atoms with E-state index in [-0.39, 0.29) is 10.7 Å². The van der Waals surface area contributed by atoms with Gasteiger partial charge in [0.2, 0.25) is 0 Å². The zero-order valence-corrected chi connectivity index (χ0v) is 16.7. The minimum Gasteiger partial charge on any atom is -0.367 e.